The minimum atomic E-state index is -4.65. The molecule has 0 fully saturated rings. The molecule has 32 heavy (non-hydrogen) atoms. The number of benzene rings is 1. The quantitative estimate of drug-likeness (QED) is 0.494. The van der Waals surface area contributed by atoms with Crippen molar-refractivity contribution in [2.45, 2.75) is 6.18 Å². The minimum Gasteiger partial charge on any atom is -0.456 e. The van der Waals surface area contributed by atoms with E-state index in [1.807, 2.05) is 0 Å². The summed E-state index contributed by atoms with van der Waals surface area (Å²) >= 11 is 5.56. The van der Waals surface area contributed by atoms with Crippen LogP contribution in [-0.4, -0.2) is 29.0 Å². The van der Waals surface area contributed by atoms with Crippen LogP contribution >= 0.6 is 11.6 Å². The Balaban J connectivity index is 1.62. The van der Waals surface area contributed by atoms with Crippen molar-refractivity contribution < 1.29 is 27.5 Å². The lowest BCUT2D eigenvalue weighted by Crippen LogP contribution is -2.20. The largest absolute Gasteiger partial charge is 0.456 e. The van der Waals surface area contributed by atoms with Gasteiger partial charge in [0.15, 0.2) is 0 Å². The molecular weight excluding hydrogens is 451 g/mol. The Bertz CT molecular complexity index is 1140. The van der Waals surface area contributed by atoms with Crippen molar-refractivity contribution in [2.75, 3.05) is 17.7 Å². The third kappa shape index (κ3) is 5.85. The first kappa shape index (κ1) is 22.8. The second kappa shape index (κ2) is 9.52. The van der Waals surface area contributed by atoms with Gasteiger partial charge in [0, 0.05) is 25.0 Å². The van der Waals surface area contributed by atoms with Gasteiger partial charge in [-0.15, -0.1) is 0 Å². The van der Waals surface area contributed by atoms with E-state index in [0.717, 1.165) is 12.1 Å². The molecule has 0 saturated heterocycles. The Labute approximate surface area is 184 Å². The standard InChI is InChI=1S/C20H15ClF3N5O3/c1-25-18(30)16-9-12(6-7-26-16)32-13-3-5-17(27-10-13)29-19(31)28-11-2-4-15(21)14(8-11)20(22,23)24/h2-10H,1H3,(H,25,30)(H2,27,28,29,31). The van der Waals surface area contributed by atoms with Crippen LogP contribution in [0, 0.1) is 0 Å². The van der Waals surface area contributed by atoms with E-state index in [4.69, 9.17) is 16.3 Å². The van der Waals surface area contributed by atoms with Gasteiger partial charge in [-0.2, -0.15) is 13.2 Å². The Kier molecular flexibility index (Phi) is 6.79. The average Bonchev–Trinajstić information content (AvgIpc) is 2.75. The third-order valence-electron chi connectivity index (χ3n) is 3.93. The fourth-order valence-electron chi connectivity index (χ4n) is 2.48. The van der Waals surface area contributed by atoms with Gasteiger partial charge in [-0.1, -0.05) is 11.6 Å². The summed E-state index contributed by atoms with van der Waals surface area (Å²) < 4.78 is 44.4. The number of rotatable bonds is 5. The molecule has 2 heterocycles. The molecule has 0 aliphatic heterocycles. The number of nitrogens with one attached hydrogen (secondary N) is 3. The molecular formula is C20H15ClF3N5O3. The minimum absolute atomic E-state index is 0.0937. The van der Waals surface area contributed by atoms with Crippen LogP contribution in [0.4, 0.5) is 29.5 Å². The van der Waals surface area contributed by atoms with E-state index in [9.17, 15) is 22.8 Å². The van der Waals surface area contributed by atoms with Gasteiger partial charge < -0.3 is 15.4 Å². The summed E-state index contributed by atoms with van der Waals surface area (Å²) in [6.07, 6.45) is -1.92. The number of hydrogen-bond donors (Lipinski definition) is 3. The zero-order valence-corrected chi connectivity index (χ0v) is 17.1. The van der Waals surface area contributed by atoms with Gasteiger partial charge in [0.05, 0.1) is 16.8 Å². The molecule has 8 nitrogen and oxygen atoms in total. The van der Waals surface area contributed by atoms with Crippen molar-refractivity contribution in [1.29, 1.82) is 0 Å². The van der Waals surface area contributed by atoms with Gasteiger partial charge in [-0.25, -0.2) is 9.78 Å². The molecule has 3 aromatic rings. The molecule has 3 rings (SSSR count). The monoisotopic (exact) mass is 465 g/mol. The Hall–Kier alpha value is -3.86. The molecule has 0 unspecified atom stereocenters. The van der Waals surface area contributed by atoms with Crippen molar-refractivity contribution in [3.05, 3.63) is 71.1 Å². The zero-order valence-electron chi connectivity index (χ0n) is 16.3. The van der Waals surface area contributed by atoms with Crippen molar-refractivity contribution in [3.8, 4) is 11.5 Å². The second-order valence-corrected chi connectivity index (χ2v) is 6.62. The number of aromatic nitrogens is 2. The van der Waals surface area contributed by atoms with E-state index in [1.165, 1.54) is 43.7 Å². The molecule has 0 spiro atoms. The van der Waals surface area contributed by atoms with Crippen molar-refractivity contribution in [2.24, 2.45) is 0 Å². The molecule has 3 N–H and O–H groups in total. The Morgan fingerprint density at radius 3 is 2.44 bits per heavy atom. The van der Waals surface area contributed by atoms with Gasteiger partial charge in [0.2, 0.25) is 0 Å². The molecule has 0 aliphatic carbocycles. The van der Waals surface area contributed by atoms with Crippen LogP contribution in [0.1, 0.15) is 16.1 Å². The van der Waals surface area contributed by atoms with Crippen LogP contribution in [0.25, 0.3) is 0 Å². The highest BCUT2D eigenvalue weighted by atomic mass is 35.5. The number of carbonyl (C=O) groups excluding carboxylic acids is 2. The molecule has 0 atom stereocenters. The van der Waals surface area contributed by atoms with E-state index >= 15 is 0 Å². The van der Waals surface area contributed by atoms with Gasteiger partial charge in [-0.05, 0) is 36.4 Å². The second-order valence-electron chi connectivity index (χ2n) is 6.21. The van der Waals surface area contributed by atoms with Gasteiger partial charge in [0.25, 0.3) is 5.91 Å². The summed E-state index contributed by atoms with van der Waals surface area (Å²) in [5.41, 5.74) is -0.986. The number of carbonyl (C=O) groups is 2. The maximum atomic E-state index is 12.9. The molecule has 0 saturated carbocycles. The fourth-order valence-corrected chi connectivity index (χ4v) is 2.70. The number of alkyl halides is 3. The van der Waals surface area contributed by atoms with E-state index in [1.54, 1.807) is 6.07 Å². The summed E-state index contributed by atoms with van der Waals surface area (Å²) in [7, 11) is 1.48. The molecule has 0 bridgehead atoms. The first-order chi connectivity index (χ1) is 15.2. The smallest absolute Gasteiger partial charge is 0.417 e. The summed E-state index contributed by atoms with van der Waals surface area (Å²) in [5.74, 6) is 0.419. The Morgan fingerprint density at radius 1 is 1.00 bits per heavy atom. The highest BCUT2D eigenvalue weighted by Gasteiger charge is 2.33. The van der Waals surface area contributed by atoms with Crippen LogP contribution < -0.4 is 20.7 Å². The first-order valence-electron chi connectivity index (χ1n) is 8.92. The summed E-state index contributed by atoms with van der Waals surface area (Å²) in [5, 5.41) is 6.65. The number of amides is 3. The predicted molar refractivity (Wildman–Crippen MR) is 111 cm³/mol. The molecule has 1 aromatic carbocycles. The molecule has 2 aromatic heterocycles. The molecule has 0 aliphatic rings. The number of ether oxygens (including phenoxy) is 1. The van der Waals surface area contributed by atoms with Crippen LogP contribution in [-0.2, 0) is 6.18 Å². The normalized spacial score (nSPS) is 10.9. The number of halogens is 4. The SMILES string of the molecule is CNC(=O)c1cc(Oc2ccc(NC(=O)Nc3ccc(Cl)c(C(F)(F)F)c3)nc2)ccn1. The molecule has 3 amide bonds. The van der Waals surface area contributed by atoms with Crippen LogP contribution in [0.2, 0.25) is 5.02 Å². The zero-order chi connectivity index (χ0) is 23.3. The van der Waals surface area contributed by atoms with Crippen LogP contribution in [0.15, 0.2) is 54.9 Å². The molecule has 0 radical (unpaired) electrons. The number of urea groups is 1. The first-order valence-corrected chi connectivity index (χ1v) is 9.30. The lowest BCUT2D eigenvalue weighted by atomic mass is 10.2. The van der Waals surface area contributed by atoms with Crippen LogP contribution in [0.5, 0.6) is 11.5 Å². The van der Waals surface area contributed by atoms with E-state index in [2.05, 4.69) is 25.9 Å². The van der Waals surface area contributed by atoms with Crippen molar-refractivity contribution in [3.63, 3.8) is 0 Å². The number of hydrogen-bond acceptors (Lipinski definition) is 5. The fraction of sp³-hybridized carbons (Fsp3) is 0.100. The third-order valence-corrected chi connectivity index (χ3v) is 4.26. The van der Waals surface area contributed by atoms with Gasteiger partial charge in [0.1, 0.15) is 23.0 Å². The van der Waals surface area contributed by atoms with E-state index in [0.29, 0.717) is 11.5 Å². The maximum absolute atomic E-state index is 12.9. The topological polar surface area (TPSA) is 105 Å². The lowest BCUT2D eigenvalue weighted by Gasteiger charge is -2.12. The number of pyridine rings is 2. The highest BCUT2D eigenvalue weighted by molar-refractivity contribution is 6.31. The average molecular weight is 466 g/mol. The number of anilines is 2. The van der Waals surface area contributed by atoms with E-state index < -0.39 is 22.8 Å². The molecule has 166 valence electrons. The van der Waals surface area contributed by atoms with E-state index in [-0.39, 0.29) is 23.1 Å². The Morgan fingerprint density at radius 2 is 1.78 bits per heavy atom. The summed E-state index contributed by atoms with van der Waals surface area (Å²) in [6, 6.07) is 8.14. The highest BCUT2D eigenvalue weighted by Crippen LogP contribution is 2.36. The van der Waals surface area contributed by atoms with Crippen molar-refractivity contribution >= 4 is 35.0 Å². The van der Waals surface area contributed by atoms with Gasteiger partial charge >= 0.3 is 12.2 Å². The summed E-state index contributed by atoms with van der Waals surface area (Å²) in [4.78, 5) is 31.6. The lowest BCUT2D eigenvalue weighted by molar-refractivity contribution is -0.137. The van der Waals surface area contributed by atoms with Gasteiger partial charge in [-0.3, -0.25) is 15.1 Å². The maximum Gasteiger partial charge on any atom is 0.417 e. The van der Waals surface area contributed by atoms with Crippen LogP contribution in [0.3, 0.4) is 0 Å². The van der Waals surface area contributed by atoms with Crippen molar-refractivity contribution in [1.82, 2.24) is 15.3 Å². The summed E-state index contributed by atoms with van der Waals surface area (Å²) in [6.45, 7) is 0. The molecule has 12 heteroatoms. The number of nitrogens with zero attached hydrogens (tertiary/aromatic N) is 2. The predicted octanol–water partition coefficient (Wildman–Crippen LogP) is 4.94.